The lowest BCUT2D eigenvalue weighted by molar-refractivity contribution is 0.0946. The summed E-state index contributed by atoms with van der Waals surface area (Å²) in [7, 11) is 3.14. The Kier molecular flexibility index (Phi) is 5.55. The Labute approximate surface area is 156 Å². The first-order valence-electron chi connectivity index (χ1n) is 8.24. The fraction of sp³-hybridized carbons (Fsp3) is 0.211. The van der Waals surface area contributed by atoms with Crippen LogP contribution < -0.4 is 20.1 Å². The number of anilines is 2. The van der Waals surface area contributed by atoms with Gasteiger partial charge in [-0.1, -0.05) is 11.2 Å². The van der Waals surface area contributed by atoms with Gasteiger partial charge in [-0.3, -0.25) is 9.78 Å². The highest BCUT2D eigenvalue weighted by molar-refractivity contribution is 5.93. The fourth-order valence-electron chi connectivity index (χ4n) is 2.47. The summed E-state index contributed by atoms with van der Waals surface area (Å²) in [5.41, 5.74) is 1.86. The minimum Gasteiger partial charge on any atom is -0.493 e. The van der Waals surface area contributed by atoms with Crippen molar-refractivity contribution in [3.05, 3.63) is 59.6 Å². The average Bonchev–Trinajstić information content (AvgIpc) is 3.10. The zero-order valence-electron chi connectivity index (χ0n) is 15.3. The number of nitrogens with zero attached hydrogens (tertiary/aromatic N) is 2. The number of rotatable bonds is 7. The van der Waals surface area contributed by atoms with Crippen LogP contribution in [0.2, 0.25) is 0 Å². The molecule has 27 heavy (non-hydrogen) atoms. The maximum Gasteiger partial charge on any atom is 0.270 e. The molecule has 0 aliphatic heterocycles. The van der Waals surface area contributed by atoms with Gasteiger partial charge in [0.25, 0.3) is 5.91 Å². The van der Waals surface area contributed by atoms with Crippen molar-refractivity contribution in [2.75, 3.05) is 19.5 Å². The monoisotopic (exact) mass is 368 g/mol. The molecule has 2 heterocycles. The van der Waals surface area contributed by atoms with Crippen molar-refractivity contribution < 1.29 is 18.8 Å². The Balaban J connectivity index is 1.65. The minimum absolute atomic E-state index is 0.287. The molecule has 1 amide bonds. The summed E-state index contributed by atoms with van der Waals surface area (Å²) < 4.78 is 15.5. The van der Waals surface area contributed by atoms with Crippen LogP contribution >= 0.6 is 0 Å². The second-order valence-electron chi connectivity index (χ2n) is 5.75. The number of amides is 1. The van der Waals surface area contributed by atoms with Gasteiger partial charge in [-0.2, -0.15) is 0 Å². The van der Waals surface area contributed by atoms with Gasteiger partial charge >= 0.3 is 0 Å². The predicted molar refractivity (Wildman–Crippen MR) is 99.5 cm³/mol. The van der Waals surface area contributed by atoms with Crippen molar-refractivity contribution in [2.24, 2.45) is 0 Å². The molecule has 2 aromatic heterocycles. The Bertz CT molecular complexity index is 939. The molecule has 8 heteroatoms. The summed E-state index contributed by atoms with van der Waals surface area (Å²) in [6.07, 6.45) is 1.56. The Hall–Kier alpha value is -3.55. The third kappa shape index (κ3) is 4.55. The van der Waals surface area contributed by atoms with Gasteiger partial charge in [0.15, 0.2) is 17.3 Å². The van der Waals surface area contributed by atoms with E-state index in [4.69, 9.17) is 14.0 Å². The quantitative estimate of drug-likeness (QED) is 0.661. The number of aromatic nitrogens is 2. The van der Waals surface area contributed by atoms with Crippen molar-refractivity contribution in [2.45, 2.75) is 13.5 Å². The number of carbonyl (C=O) groups excluding carboxylic acids is 1. The molecule has 1 aromatic carbocycles. The van der Waals surface area contributed by atoms with E-state index in [0.717, 1.165) is 5.56 Å². The third-order valence-corrected chi connectivity index (χ3v) is 3.79. The van der Waals surface area contributed by atoms with E-state index in [9.17, 15) is 4.79 Å². The van der Waals surface area contributed by atoms with Gasteiger partial charge in [0.05, 0.1) is 14.2 Å². The van der Waals surface area contributed by atoms with Gasteiger partial charge in [0, 0.05) is 24.5 Å². The molecule has 0 aliphatic carbocycles. The molecule has 0 unspecified atom stereocenters. The van der Waals surface area contributed by atoms with Crippen molar-refractivity contribution in [3.63, 3.8) is 0 Å². The van der Waals surface area contributed by atoms with Gasteiger partial charge < -0.3 is 24.6 Å². The topological polar surface area (TPSA) is 98.5 Å². The molecule has 0 saturated carbocycles. The first-order chi connectivity index (χ1) is 13.1. The smallest absolute Gasteiger partial charge is 0.270 e. The second kappa shape index (κ2) is 8.22. The highest BCUT2D eigenvalue weighted by Gasteiger charge is 2.10. The third-order valence-electron chi connectivity index (χ3n) is 3.79. The SMILES string of the molecule is COc1ccc(CNC(=O)c2cc(Nc3cc(C)on3)ccn2)cc1OC. The van der Waals surface area contributed by atoms with Gasteiger partial charge in [0.1, 0.15) is 11.5 Å². The Morgan fingerprint density at radius 3 is 2.63 bits per heavy atom. The number of methoxy groups -OCH3 is 2. The molecule has 8 nitrogen and oxygen atoms in total. The molecule has 140 valence electrons. The molecule has 0 spiro atoms. The number of nitrogens with one attached hydrogen (secondary N) is 2. The van der Waals surface area contributed by atoms with Crippen LogP contribution in [-0.2, 0) is 6.54 Å². The van der Waals surface area contributed by atoms with Crippen LogP contribution in [0, 0.1) is 6.92 Å². The van der Waals surface area contributed by atoms with Gasteiger partial charge in [0.2, 0.25) is 0 Å². The Morgan fingerprint density at radius 2 is 1.93 bits per heavy atom. The highest BCUT2D eigenvalue weighted by atomic mass is 16.5. The highest BCUT2D eigenvalue weighted by Crippen LogP contribution is 2.27. The van der Waals surface area contributed by atoms with Gasteiger partial charge in [-0.25, -0.2) is 0 Å². The first-order valence-corrected chi connectivity index (χ1v) is 8.24. The summed E-state index contributed by atoms with van der Waals surface area (Å²) >= 11 is 0. The van der Waals surface area contributed by atoms with E-state index < -0.39 is 0 Å². The summed E-state index contributed by atoms with van der Waals surface area (Å²) in [5, 5.41) is 9.77. The lowest BCUT2D eigenvalue weighted by Crippen LogP contribution is -2.23. The van der Waals surface area contributed by atoms with Crippen LogP contribution in [0.1, 0.15) is 21.8 Å². The normalized spacial score (nSPS) is 10.3. The Morgan fingerprint density at radius 1 is 1.11 bits per heavy atom. The van der Waals surface area contributed by atoms with E-state index in [1.165, 1.54) is 0 Å². The zero-order chi connectivity index (χ0) is 19.2. The van der Waals surface area contributed by atoms with Crippen LogP contribution in [0.15, 0.2) is 47.1 Å². The summed E-state index contributed by atoms with van der Waals surface area (Å²) in [6, 6.07) is 10.6. The standard InChI is InChI=1S/C19H20N4O4/c1-12-8-18(23-27-12)22-14-6-7-20-15(10-14)19(24)21-11-13-4-5-16(25-2)17(9-13)26-3/h4-10H,11H2,1-3H3,(H,21,24)(H,20,22,23). The van der Waals surface area contributed by atoms with Gasteiger partial charge in [-0.15, -0.1) is 0 Å². The number of benzene rings is 1. The van der Waals surface area contributed by atoms with Crippen LogP contribution in [0.5, 0.6) is 11.5 Å². The summed E-state index contributed by atoms with van der Waals surface area (Å²) in [6.45, 7) is 2.14. The molecule has 0 bridgehead atoms. The van der Waals surface area contributed by atoms with Crippen molar-refractivity contribution in [1.29, 1.82) is 0 Å². The summed E-state index contributed by atoms with van der Waals surface area (Å²) in [4.78, 5) is 16.5. The van der Waals surface area contributed by atoms with E-state index in [-0.39, 0.29) is 5.91 Å². The van der Waals surface area contributed by atoms with Crippen molar-refractivity contribution >= 4 is 17.4 Å². The molecule has 0 saturated heterocycles. The van der Waals surface area contributed by atoms with Crippen molar-refractivity contribution in [3.8, 4) is 11.5 Å². The van der Waals surface area contributed by atoms with Crippen LogP contribution in [0.3, 0.4) is 0 Å². The van der Waals surface area contributed by atoms with Crippen molar-refractivity contribution in [1.82, 2.24) is 15.5 Å². The molecular weight excluding hydrogens is 348 g/mol. The lowest BCUT2D eigenvalue weighted by atomic mass is 10.2. The molecule has 0 aliphatic rings. The number of pyridine rings is 1. The number of aryl methyl sites for hydroxylation is 1. The number of hydrogen-bond acceptors (Lipinski definition) is 7. The maximum atomic E-state index is 12.4. The number of carbonyl (C=O) groups is 1. The zero-order valence-corrected chi connectivity index (χ0v) is 15.3. The molecule has 0 fully saturated rings. The van der Waals surface area contributed by atoms with Crippen LogP contribution in [0.25, 0.3) is 0 Å². The molecule has 3 rings (SSSR count). The average molecular weight is 368 g/mol. The van der Waals surface area contributed by atoms with E-state index in [2.05, 4.69) is 20.8 Å². The molecule has 0 radical (unpaired) electrons. The molecule has 2 N–H and O–H groups in total. The largest absolute Gasteiger partial charge is 0.493 e. The van der Waals surface area contributed by atoms with E-state index >= 15 is 0 Å². The maximum absolute atomic E-state index is 12.4. The molecule has 0 atom stereocenters. The second-order valence-corrected chi connectivity index (χ2v) is 5.75. The minimum atomic E-state index is -0.287. The number of ether oxygens (including phenoxy) is 2. The van der Waals surface area contributed by atoms with Crippen LogP contribution in [-0.4, -0.2) is 30.3 Å². The summed E-state index contributed by atoms with van der Waals surface area (Å²) in [5.74, 6) is 2.21. The van der Waals surface area contributed by atoms with E-state index in [1.54, 1.807) is 51.6 Å². The number of hydrogen-bond donors (Lipinski definition) is 2. The van der Waals surface area contributed by atoms with E-state index in [1.807, 2.05) is 12.1 Å². The molecule has 3 aromatic rings. The fourth-order valence-corrected chi connectivity index (χ4v) is 2.47. The van der Waals surface area contributed by atoms with E-state index in [0.29, 0.717) is 41.0 Å². The predicted octanol–water partition coefficient (Wildman–Crippen LogP) is 3.07. The first kappa shape index (κ1) is 18.2. The lowest BCUT2D eigenvalue weighted by Gasteiger charge is -2.10. The van der Waals surface area contributed by atoms with Crippen LogP contribution in [0.4, 0.5) is 11.5 Å². The molecular formula is C19H20N4O4. The van der Waals surface area contributed by atoms with Gasteiger partial charge in [-0.05, 0) is 36.8 Å².